The lowest BCUT2D eigenvalue weighted by Gasteiger charge is -1.84. The van der Waals surface area contributed by atoms with Crippen LogP contribution in [0, 0.1) is 6.92 Å². The predicted molar refractivity (Wildman–Crippen MR) is 42.3 cm³/mol. The molecule has 0 aliphatic carbocycles. The summed E-state index contributed by atoms with van der Waals surface area (Å²) in [6, 6.07) is 0. The highest BCUT2D eigenvalue weighted by molar-refractivity contribution is 7.15. The van der Waals surface area contributed by atoms with Gasteiger partial charge in [0.05, 0.1) is 5.69 Å². The molecular weight excluding hydrogens is 180 g/mol. The Morgan fingerprint density at radius 1 is 1.58 bits per heavy atom. The second-order valence-electron chi connectivity index (χ2n) is 2.10. The molecule has 1 aromatic heterocycles. The maximum absolute atomic E-state index is 10.6. The Bertz CT molecular complexity index is 345. The number of carbonyl (C=O) groups is 2. The standard InChI is InChI=1S/C6H6N2O3S/c1-2-3(6(10)11)12-5(8-2)4(7)9/h1H3,(H2,7,9)(H,10,11). The Hall–Kier alpha value is -1.43. The minimum Gasteiger partial charge on any atom is -0.477 e. The second kappa shape index (κ2) is 2.90. The van der Waals surface area contributed by atoms with E-state index in [1.807, 2.05) is 0 Å². The average Bonchev–Trinajstić information content (AvgIpc) is 2.30. The lowest BCUT2D eigenvalue weighted by molar-refractivity contribution is 0.0701. The number of carbonyl (C=O) groups excluding carboxylic acids is 1. The molecule has 0 aromatic carbocycles. The first kappa shape index (κ1) is 8.66. The summed E-state index contributed by atoms with van der Waals surface area (Å²) >= 11 is 0.791. The van der Waals surface area contributed by atoms with Gasteiger partial charge in [-0.3, -0.25) is 4.79 Å². The Morgan fingerprint density at radius 2 is 2.17 bits per heavy atom. The monoisotopic (exact) mass is 186 g/mol. The molecule has 3 N–H and O–H groups in total. The van der Waals surface area contributed by atoms with Crippen LogP contribution in [0.2, 0.25) is 0 Å². The van der Waals surface area contributed by atoms with E-state index in [9.17, 15) is 9.59 Å². The molecule has 0 saturated carbocycles. The number of aryl methyl sites for hydroxylation is 1. The first-order valence-corrected chi connectivity index (χ1v) is 3.84. The van der Waals surface area contributed by atoms with Crippen LogP contribution < -0.4 is 5.73 Å². The summed E-state index contributed by atoms with van der Waals surface area (Å²) in [5.74, 6) is -1.78. The number of carboxylic acids is 1. The Morgan fingerprint density at radius 3 is 2.42 bits per heavy atom. The molecule has 0 radical (unpaired) electrons. The number of primary amides is 1. The number of thiazole rings is 1. The first-order chi connectivity index (χ1) is 5.52. The van der Waals surface area contributed by atoms with Gasteiger partial charge in [0.15, 0.2) is 5.01 Å². The fourth-order valence-electron chi connectivity index (χ4n) is 0.700. The number of carboxylic acid groups (broad SMARTS) is 1. The van der Waals surface area contributed by atoms with Crippen LogP contribution in [0.25, 0.3) is 0 Å². The molecule has 0 atom stereocenters. The lowest BCUT2D eigenvalue weighted by atomic mass is 10.4. The van der Waals surface area contributed by atoms with Crippen LogP contribution in [-0.2, 0) is 0 Å². The first-order valence-electron chi connectivity index (χ1n) is 3.03. The van der Waals surface area contributed by atoms with Gasteiger partial charge in [0.2, 0.25) is 0 Å². The van der Waals surface area contributed by atoms with Crippen molar-refractivity contribution in [2.75, 3.05) is 0 Å². The Balaban J connectivity index is 3.17. The van der Waals surface area contributed by atoms with Gasteiger partial charge in [-0.25, -0.2) is 9.78 Å². The Kier molecular flexibility index (Phi) is 2.09. The molecule has 1 aromatic rings. The summed E-state index contributed by atoms with van der Waals surface area (Å²) in [6.45, 7) is 1.52. The molecule has 0 saturated heterocycles. The van der Waals surface area contributed by atoms with E-state index in [4.69, 9.17) is 10.8 Å². The van der Waals surface area contributed by atoms with Gasteiger partial charge in [-0.15, -0.1) is 11.3 Å². The van der Waals surface area contributed by atoms with Gasteiger partial charge >= 0.3 is 5.97 Å². The smallest absolute Gasteiger partial charge is 0.347 e. The lowest BCUT2D eigenvalue weighted by Crippen LogP contribution is -2.10. The van der Waals surface area contributed by atoms with E-state index in [0.29, 0.717) is 5.69 Å². The van der Waals surface area contributed by atoms with Gasteiger partial charge in [-0.05, 0) is 6.92 Å². The summed E-state index contributed by atoms with van der Waals surface area (Å²) in [4.78, 5) is 24.8. The topological polar surface area (TPSA) is 93.3 Å². The molecule has 5 nitrogen and oxygen atoms in total. The molecule has 0 aliphatic rings. The van der Waals surface area contributed by atoms with Gasteiger partial charge in [0.25, 0.3) is 5.91 Å². The number of hydrogen-bond acceptors (Lipinski definition) is 4. The molecule has 0 bridgehead atoms. The molecular formula is C6H6N2O3S. The van der Waals surface area contributed by atoms with Gasteiger partial charge < -0.3 is 10.8 Å². The summed E-state index contributed by atoms with van der Waals surface area (Å²) in [6.07, 6.45) is 0. The van der Waals surface area contributed by atoms with Crippen molar-refractivity contribution in [3.63, 3.8) is 0 Å². The van der Waals surface area contributed by atoms with Crippen LogP contribution >= 0.6 is 11.3 Å². The largest absolute Gasteiger partial charge is 0.477 e. The van der Waals surface area contributed by atoms with Gasteiger partial charge in [-0.1, -0.05) is 0 Å². The SMILES string of the molecule is Cc1nc(C(N)=O)sc1C(=O)O. The molecule has 0 fully saturated rings. The third-order valence-corrected chi connectivity index (χ3v) is 2.36. The third-order valence-electron chi connectivity index (χ3n) is 1.20. The highest BCUT2D eigenvalue weighted by atomic mass is 32.1. The van der Waals surface area contributed by atoms with Crippen molar-refractivity contribution >= 4 is 23.2 Å². The number of rotatable bonds is 2. The molecule has 1 amide bonds. The predicted octanol–water partition coefficient (Wildman–Crippen LogP) is 0.249. The van der Waals surface area contributed by atoms with E-state index >= 15 is 0 Å². The molecule has 0 aliphatic heterocycles. The molecule has 1 rings (SSSR count). The zero-order valence-electron chi connectivity index (χ0n) is 6.20. The number of nitrogens with zero attached hydrogens (tertiary/aromatic N) is 1. The minimum atomic E-state index is -1.09. The van der Waals surface area contributed by atoms with Crippen molar-refractivity contribution in [3.05, 3.63) is 15.6 Å². The highest BCUT2D eigenvalue weighted by Gasteiger charge is 2.16. The quantitative estimate of drug-likeness (QED) is 0.692. The normalized spacial score (nSPS) is 9.75. The van der Waals surface area contributed by atoms with Crippen molar-refractivity contribution in [1.29, 1.82) is 0 Å². The fraction of sp³-hybridized carbons (Fsp3) is 0.167. The van der Waals surface area contributed by atoms with Crippen molar-refractivity contribution in [2.24, 2.45) is 5.73 Å². The van der Waals surface area contributed by atoms with Crippen LogP contribution in [0.3, 0.4) is 0 Å². The van der Waals surface area contributed by atoms with E-state index in [1.54, 1.807) is 0 Å². The molecule has 6 heteroatoms. The number of amides is 1. The molecule has 64 valence electrons. The summed E-state index contributed by atoms with van der Waals surface area (Å²) < 4.78 is 0. The van der Waals surface area contributed by atoms with E-state index in [-0.39, 0.29) is 9.88 Å². The molecule has 1 heterocycles. The fourth-order valence-corrected chi connectivity index (χ4v) is 1.46. The van der Waals surface area contributed by atoms with Crippen molar-refractivity contribution < 1.29 is 14.7 Å². The van der Waals surface area contributed by atoms with E-state index in [1.165, 1.54) is 6.92 Å². The van der Waals surface area contributed by atoms with Crippen LogP contribution in [0.15, 0.2) is 0 Å². The summed E-state index contributed by atoms with van der Waals surface area (Å²) in [5, 5.41) is 8.61. The minimum absolute atomic E-state index is 0.0323. The van der Waals surface area contributed by atoms with Gasteiger partial charge in [0.1, 0.15) is 4.88 Å². The van der Waals surface area contributed by atoms with E-state index < -0.39 is 11.9 Å². The maximum Gasteiger partial charge on any atom is 0.347 e. The zero-order valence-corrected chi connectivity index (χ0v) is 7.01. The van der Waals surface area contributed by atoms with Crippen LogP contribution in [0.4, 0.5) is 0 Å². The third kappa shape index (κ3) is 1.42. The van der Waals surface area contributed by atoms with Crippen LogP contribution in [0.5, 0.6) is 0 Å². The number of aromatic nitrogens is 1. The highest BCUT2D eigenvalue weighted by Crippen LogP contribution is 2.16. The molecule has 0 spiro atoms. The molecule has 0 unspecified atom stereocenters. The number of nitrogens with two attached hydrogens (primary N) is 1. The van der Waals surface area contributed by atoms with Crippen molar-refractivity contribution in [2.45, 2.75) is 6.92 Å². The van der Waals surface area contributed by atoms with Crippen molar-refractivity contribution in [1.82, 2.24) is 4.98 Å². The average molecular weight is 186 g/mol. The number of hydrogen-bond donors (Lipinski definition) is 2. The summed E-state index contributed by atoms with van der Waals surface area (Å²) in [5.41, 5.74) is 5.23. The van der Waals surface area contributed by atoms with E-state index in [2.05, 4.69) is 4.98 Å². The maximum atomic E-state index is 10.6. The number of aromatic carboxylic acids is 1. The second-order valence-corrected chi connectivity index (χ2v) is 3.10. The Labute approximate surface area is 71.8 Å². The van der Waals surface area contributed by atoms with Gasteiger partial charge in [-0.2, -0.15) is 0 Å². The van der Waals surface area contributed by atoms with Gasteiger partial charge in [0, 0.05) is 0 Å². The van der Waals surface area contributed by atoms with E-state index in [0.717, 1.165) is 11.3 Å². The molecule has 12 heavy (non-hydrogen) atoms. The van der Waals surface area contributed by atoms with Crippen LogP contribution in [-0.4, -0.2) is 22.0 Å². The summed E-state index contributed by atoms with van der Waals surface area (Å²) in [7, 11) is 0. The zero-order chi connectivity index (χ0) is 9.30. The van der Waals surface area contributed by atoms with Crippen molar-refractivity contribution in [3.8, 4) is 0 Å². The van der Waals surface area contributed by atoms with Crippen LogP contribution in [0.1, 0.15) is 25.2 Å².